The summed E-state index contributed by atoms with van der Waals surface area (Å²) >= 11 is 0. The SMILES string of the molecule is Cl.O=C(CNc1ccccc1)N1CCN(C(=O)c2cccc(F)c2)CC1. The van der Waals surface area contributed by atoms with Crippen LogP contribution in [0, 0.1) is 5.82 Å². The van der Waals surface area contributed by atoms with Crippen molar-refractivity contribution in [1.82, 2.24) is 9.80 Å². The second-order valence-corrected chi connectivity index (χ2v) is 5.90. The lowest BCUT2D eigenvalue weighted by atomic mass is 10.1. The minimum Gasteiger partial charge on any atom is -0.376 e. The molecule has 0 spiro atoms. The molecular formula is C19H21ClFN3O2. The second-order valence-electron chi connectivity index (χ2n) is 5.90. The van der Waals surface area contributed by atoms with Crippen LogP contribution in [0.5, 0.6) is 0 Å². The molecule has 1 aliphatic heterocycles. The average molecular weight is 378 g/mol. The van der Waals surface area contributed by atoms with Crippen LogP contribution in [-0.2, 0) is 4.79 Å². The minimum atomic E-state index is -0.424. The van der Waals surface area contributed by atoms with Crippen LogP contribution >= 0.6 is 12.4 Å². The summed E-state index contributed by atoms with van der Waals surface area (Å²) in [4.78, 5) is 28.1. The van der Waals surface area contributed by atoms with Crippen molar-refractivity contribution < 1.29 is 14.0 Å². The van der Waals surface area contributed by atoms with Gasteiger partial charge in [-0.15, -0.1) is 12.4 Å². The van der Waals surface area contributed by atoms with Crippen molar-refractivity contribution in [3.05, 3.63) is 66.0 Å². The molecule has 138 valence electrons. The van der Waals surface area contributed by atoms with E-state index in [-0.39, 0.29) is 30.8 Å². The lowest BCUT2D eigenvalue weighted by molar-refractivity contribution is -0.130. The number of benzene rings is 2. The highest BCUT2D eigenvalue weighted by molar-refractivity contribution is 5.94. The number of piperazine rings is 1. The zero-order valence-electron chi connectivity index (χ0n) is 14.2. The van der Waals surface area contributed by atoms with Crippen molar-refractivity contribution in [2.45, 2.75) is 0 Å². The van der Waals surface area contributed by atoms with E-state index in [9.17, 15) is 14.0 Å². The fourth-order valence-corrected chi connectivity index (χ4v) is 2.81. The summed E-state index contributed by atoms with van der Waals surface area (Å²) in [6, 6.07) is 15.2. The molecule has 3 rings (SSSR count). The molecule has 0 bridgehead atoms. The van der Waals surface area contributed by atoms with Gasteiger partial charge in [-0.1, -0.05) is 24.3 Å². The number of rotatable bonds is 4. The number of anilines is 1. The molecule has 1 saturated heterocycles. The Balaban J connectivity index is 0.00000243. The minimum absolute atomic E-state index is 0. The summed E-state index contributed by atoms with van der Waals surface area (Å²) in [5, 5.41) is 3.09. The Kier molecular flexibility index (Phi) is 6.97. The van der Waals surface area contributed by atoms with Gasteiger partial charge in [-0.05, 0) is 30.3 Å². The standard InChI is InChI=1S/C19H20FN3O2.ClH/c20-16-6-4-5-15(13-16)19(25)23-11-9-22(10-12-23)18(24)14-21-17-7-2-1-3-8-17;/h1-8,13,21H,9-12,14H2;1H. The van der Waals surface area contributed by atoms with Gasteiger partial charge in [0.15, 0.2) is 0 Å². The molecule has 1 aliphatic rings. The Labute approximate surface area is 158 Å². The highest BCUT2D eigenvalue weighted by Crippen LogP contribution is 2.11. The lowest BCUT2D eigenvalue weighted by Crippen LogP contribution is -2.51. The van der Waals surface area contributed by atoms with Gasteiger partial charge < -0.3 is 15.1 Å². The number of carbonyl (C=O) groups is 2. The molecule has 0 radical (unpaired) electrons. The normalized spacial score (nSPS) is 13.7. The first-order valence-corrected chi connectivity index (χ1v) is 8.25. The van der Waals surface area contributed by atoms with Crippen LogP contribution in [0.25, 0.3) is 0 Å². The average Bonchev–Trinajstić information content (AvgIpc) is 2.66. The molecule has 1 N–H and O–H groups in total. The van der Waals surface area contributed by atoms with Crippen LogP contribution < -0.4 is 5.32 Å². The van der Waals surface area contributed by atoms with Crippen LogP contribution in [0.15, 0.2) is 54.6 Å². The molecule has 26 heavy (non-hydrogen) atoms. The van der Waals surface area contributed by atoms with E-state index in [4.69, 9.17) is 0 Å². The predicted molar refractivity (Wildman–Crippen MR) is 101 cm³/mol. The lowest BCUT2D eigenvalue weighted by Gasteiger charge is -2.35. The van der Waals surface area contributed by atoms with Crippen LogP contribution in [0.3, 0.4) is 0 Å². The van der Waals surface area contributed by atoms with Crippen LogP contribution in [-0.4, -0.2) is 54.3 Å². The topological polar surface area (TPSA) is 52.7 Å². The van der Waals surface area contributed by atoms with Crippen LogP contribution in [0.2, 0.25) is 0 Å². The van der Waals surface area contributed by atoms with E-state index >= 15 is 0 Å². The first-order valence-electron chi connectivity index (χ1n) is 8.25. The third-order valence-corrected chi connectivity index (χ3v) is 4.21. The van der Waals surface area contributed by atoms with E-state index in [0.717, 1.165) is 5.69 Å². The number of halogens is 2. The zero-order valence-corrected chi connectivity index (χ0v) is 15.0. The fourth-order valence-electron chi connectivity index (χ4n) is 2.81. The number of hydrogen-bond acceptors (Lipinski definition) is 3. The Morgan fingerprint density at radius 1 is 0.923 bits per heavy atom. The number of carbonyl (C=O) groups excluding carboxylic acids is 2. The molecule has 2 aromatic rings. The highest BCUT2D eigenvalue weighted by atomic mass is 35.5. The summed E-state index contributed by atoms with van der Waals surface area (Å²) in [7, 11) is 0. The van der Waals surface area contributed by atoms with Crippen LogP contribution in [0.4, 0.5) is 10.1 Å². The van der Waals surface area contributed by atoms with Crippen molar-refractivity contribution in [2.75, 3.05) is 38.0 Å². The van der Waals surface area contributed by atoms with Crippen molar-refractivity contribution in [3.63, 3.8) is 0 Å². The predicted octanol–water partition coefficient (Wildman–Crippen LogP) is 2.64. The molecule has 0 aliphatic carbocycles. The van der Waals surface area contributed by atoms with Gasteiger partial charge in [0.05, 0.1) is 6.54 Å². The summed E-state index contributed by atoms with van der Waals surface area (Å²) in [5.74, 6) is -0.623. The molecule has 7 heteroatoms. The summed E-state index contributed by atoms with van der Waals surface area (Å²) in [6.07, 6.45) is 0. The Bertz CT molecular complexity index is 749. The van der Waals surface area contributed by atoms with Gasteiger partial charge in [0.1, 0.15) is 5.82 Å². The number of nitrogens with one attached hydrogen (secondary N) is 1. The smallest absolute Gasteiger partial charge is 0.254 e. The number of hydrogen-bond donors (Lipinski definition) is 1. The van der Waals surface area contributed by atoms with Crippen molar-refractivity contribution in [3.8, 4) is 0 Å². The zero-order chi connectivity index (χ0) is 17.6. The summed E-state index contributed by atoms with van der Waals surface area (Å²) in [5.41, 5.74) is 1.24. The van der Waals surface area contributed by atoms with E-state index in [1.165, 1.54) is 18.2 Å². The first-order chi connectivity index (χ1) is 12.1. The number of para-hydroxylation sites is 1. The van der Waals surface area contributed by atoms with Crippen molar-refractivity contribution in [1.29, 1.82) is 0 Å². The van der Waals surface area contributed by atoms with E-state index in [1.54, 1.807) is 15.9 Å². The van der Waals surface area contributed by atoms with E-state index in [0.29, 0.717) is 31.7 Å². The second kappa shape index (κ2) is 9.20. The van der Waals surface area contributed by atoms with Gasteiger partial charge in [-0.25, -0.2) is 4.39 Å². The number of amides is 2. The van der Waals surface area contributed by atoms with Crippen molar-refractivity contribution >= 4 is 29.9 Å². The molecule has 1 fully saturated rings. The van der Waals surface area contributed by atoms with Gasteiger partial charge in [0, 0.05) is 37.4 Å². The Morgan fingerprint density at radius 3 is 2.23 bits per heavy atom. The quantitative estimate of drug-likeness (QED) is 0.891. The van der Waals surface area contributed by atoms with E-state index in [2.05, 4.69) is 5.32 Å². The molecule has 1 heterocycles. The molecule has 0 aromatic heterocycles. The molecule has 0 unspecified atom stereocenters. The molecule has 2 amide bonds. The van der Waals surface area contributed by atoms with Gasteiger partial charge in [0.25, 0.3) is 5.91 Å². The van der Waals surface area contributed by atoms with Gasteiger partial charge in [-0.3, -0.25) is 9.59 Å². The molecule has 0 atom stereocenters. The maximum absolute atomic E-state index is 13.3. The first kappa shape index (κ1) is 19.7. The van der Waals surface area contributed by atoms with E-state index < -0.39 is 5.82 Å². The van der Waals surface area contributed by atoms with Gasteiger partial charge in [-0.2, -0.15) is 0 Å². The highest BCUT2D eigenvalue weighted by Gasteiger charge is 2.24. The van der Waals surface area contributed by atoms with Crippen LogP contribution in [0.1, 0.15) is 10.4 Å². The summed E-state index contributed by atoms with van der Waals surface area (Å²) < 4.78 is 13.3. The summed E-state index contributed by atoms with van der Waals surface area (Å²) in [6.45, 7) is 2.09. The third kappa shape index (κ3) is 4.95. The van der Waals surface area contributed by atoms with E-state index in [1.807, 2.05) is 30.3 Å². The van der Waals surface area contributed by atoms with Crippen molar-refractivity contribution in [2.24, 2.45) is 0 Å². The Hall–Kier alpha value is -2.60. The maximum Gasteiger partial charge on any atom is 0.254 e. The molecule has 0 saturated carbocycles. The Morgan fingerprint density at radius 2 is 1.58 bits per heavy atom. The van der Waals surface area contributed by atoms with Gasteiger partial charge >= 0.3 is 0 Å². The molecular weight excluding hydrogens is 357 g/mol. The molecule has 5 nitrogen and oxygen atoms in total. The number of nitrogens with zero attached hydrogens (tertiary/aromatic N) is 2. The van der Waals surface area contributed by atoms with Gasteiger partial charge in [0.2, 0.25) is 5.91 Å². The largest absolute Gasteiger partial charge is 0.376 e. The monoisotopic (exact) mass is 377 g/mol. The fraction of sp³-hybridized carbons (Fsp3) is 0.263. The maximum atomic E-state index is 13.3. The molecule has 2 aromatic carbocycles. The third-order valence-electron chi connectivity index (χ3n) is 4.21.